The van der Waals surface area contributed by atoms with Gasteiger partial charge in [0.1, 0.15) is 0 Å². The zero-order chi connectivity index (χ0) is 13.1. The van der Waals surface area contributed by atoms with Crippen LogP contribution < -0.4 is 0 Å². The van der Waals surface area contributed by atoms with Crippen molar-refractivity contribution in [3.63, 3.8) is 0 Å². The molecule has 0 aliphatic carbocycles. The molecule has 1 heterocycles. The highest BCUT2D eigenvalue weighted by atomic mass is 16.6. The zero-order valence-electron chi connectivity index (χ0n) is 9.65. The lowest BCUT2D eigenvalue weighted by Crippen LogP contribution is -2.41. The summed E-state index contributed by atoms with van der Waals surface area (Å²) in [6.07, 6.45) is -0.100. The third kappa shape index (κ3) is 2.20. The number of ether oxygens (including phenoxy) is 1. The quantitative estimate of drug-likeness (QED) is 0.821. The van der Waals surface area contributed by atoms with Crippen molar-refractivity contribution in [3.05, 3.63) is 48.6 Å². The van der Waals surface area contributed by atoms with Gasteiger partial charge in [-0.1, -0.05) is 36.9 Å². The lowest BCUT2D eigenvalue weighted by atomic mass is 10.1. The Hall–Kier alpha value is -2.30. The third-order valence-corrected chi connectivity index (χ3v) is 2.80. The Labute approximate surface area is 104 Å². The molecule has 0 saturated carbocycles. The normalized spacial score (nSPS) is 22.7. The fourth-order valence-electron chi connectivity index (χ4n) is 1.93. The number of rotatable bonds is 4. The van der Waals surface area contributed by atoms with E-state index in [1.165, 1.54) is 11.0 Å². The highest BCUT2D eigenvalue weighted by Crippen LogP contribution is 2.23. The van der Waals surface area contributed by atoms with Gasteiger partial charge >= 0.3 is 12.1 Å². The number of carboxylic acid groups (broad SMARTS) is 1. The van der Waals surface area contributed by atoms with Crippen molar-refractivity contribution in [2.45, 2.75) is 18.7 Å². The van der Waals surface area contributed by atoms with E-state index in [2.05, 4.69) is 6.58 Å². The Morgan fingerprint density at radius 2 is 2.11 bits per heavy atom. The van der Waals surface area contributed by atoms with E-state index in [0.29, 0.717) is 0 Å². The van der Waals surface area contributed by atoms with Crippen LogP contribution >= 0.6 is 0 Å². The van der Waals surface area contributed by atoms with E-state index in [1.807, 2.05) is 30.3 Å². The van der Waals surface area contributed by atoms with Crippen LogP contribution in [0.15, 0.2) is 43.0 Å². The van der Waals surface area contributed by atoms with Gasteiger partial charge in [-0.3, -0.25) is 4.90 Å². The molecule has 0 unspecified atom stereocenters. The van der Waals surface area contributed by atoms with Crippen molar-refractivity contribution in [2.24, 2.45) is 0 Å². The zero-order valence-corrected chi connectivity index (χ0v) is 9.65. The van der Waals surface area contributed by atoms with Gasteiger partial charge < -0.3 is 9.84 Å². The van der Waals surface area contributed by atoms with Crippen molar-refractivity contribution in [3.8, 4) is 0 Å². The molecular weight excluding hydrogens is 234 g/mol. The predicted octanol–water partition coefficient (Wildman–Crippen LogP) is 1.65. The second-order valence-corrected chi connectivity index (χ2v) is 3.98. The third-order valence-electron chi connectivity index (χ3n) is 2.80. The Morgan fingerprint density at radius 1 is 1.44 bits per heavy atom. The molecule has 2 atom stereocenters. The number of nitrogens with zero attached hydrogens (tertiary/aromatic N) is 1. The topological polar surface area (TPSA) is 66.8 Å². The average molecular weight is 247 g/mol. The highest BCUT2D eigenvalue weighted by Gasteiger charge is 2.44. The number of carbonyl (C=O) groups is 2. The SMILES string of the molecule is C=C[C@@H]1OC(=O)N(Cc2ccccc2)[C@H]1C(=O)O. The monoisotopic (exact) mass is 247 g/mol. The molecule has 1 aromatic carbocycles. The molecule has 1 amide bonds. The van der Waals surface area contributed by atoms with Gasteiger partial charge in [-0.2, -0.15) is 0 Å². The van der Waals surface area contributed by atoms with Crippen molar-refractivity contribution < 1.29 is 19.4 Å². The van der Waals surface area contributed by atoms with Gasteiger partial charge in [-0.05, 0) is 11.6 Å². The van der Waals surface area contributed by atoms with E-state index >= 15 is 0 Å². The summed E-state index contributed by atoms with van der Waals surface area (Å²) in [4.78, 5) is 24.0. The average Bonchev–Trinajstić information content (AvgIpc) is 2.67. The molecular formula is C13H13NO4. The number of benzene rings is 1. The molecule has 0 bridgehead atoms. The Balaban J connectivity index is 2.22. The summed E-state index contributed by atoms with van der Waals surface area (Å²) in [5.74, 6) is -1.10. The van der Waals surface area contributed by atoms with Gasteiger partial charge in [-0.25, -0.2) is 9.59 Å². The first-order valence-corrected chi connectivity index (χ1v) is 5.50. The molecule has 1 fully saturated rings. The lowest BCUT2D eigenvalue weighted by Gasteiger charge is -2.19. The molecule has 0 spiro atoms. The van der Waals surface area contributed by atoms with Gasteiger partial charge in [0.25, 0.3) is 0 Å². The van der Waals surface area contributed by atoms with Crippen molar-refractivity contribution in [1.29, 1.82) is 0 Å². The first-order chi connectivity index (χ1) is 8.63. The van der Waals surface area contributed by atoms with Gasteiger partial charge in [0.15, 0.2) is 12.1 Å². The summed E-state index contributed by atoms with van der Waals surface area (Å²) < 4.78 is 4.96. The van der Waals surface area contributed by atoms with E-state index in [0.717, 1.165) is 5.56 Å². The van der Waals surface area contributed by atoms with Crippen LogP contribution in [0.3, 0.4) is 0 Å². The van der Waals surface area contributed by atoms with Gasteiger partial charge in [-0.15, -0.1) is 0 Å². The van der Waals surface area contributed by atoms with Gasteiger partial charge in [0.2, 0.25) is 0 Å². The number of aliphatic carboxylic acids is 1. The Morgan fingerprint density at radius 3 is 2.67 bits per heavy atom. The van der Waals surface area contributed by atoms with Gasteiger partial charge in [0, 0.05) is 0 Å². The van der Waals surface area contributed by atoms with Gasteiger partial charge in [0.05, 0.1) is 6.54 Å². The highest BCUT2D eigenvalue weighted by molar-refractivity contribution is 5.84. The molecule has 1 N–H and O–H groups in total. The number of carboxylic acids is 1. The van der Waals surface area contributed by atoms with E-state index < -0.39 is 24.2 Å². The second kappa shape index (κ2) is 4.91. The molecule has 1 aliphatic rings. The molecule has 5 nitrogen and oxygen atoms in total. The maximum atomic E-state index is 11.7. The maximum absolute atomic E-state index is 11.7. The van der Waals surface area contributed by atoms with Crippen molar-refractivity contribution in [1.82, 2.24) is 4.90 Å². The predicted molar refractivity (Wildman–Crippen MR) is 63.9 cm³/mol. The van der Waals surface area contributed by atoms with Crippen molar-refractivity contribution in [2.75, 3.05) is 0 Å². The smallest absolute Gasteiger partial charge is 0.411 e. The fourth-order valence-corrected chi connectivity index (χ4v) is 1.93. The number of carbonyl (C=O) groups excluding carboxylic acids is 1. The Kier molecular flexibility index (Phi) is 3.32. The largest absolute Gasteiger partial charge is 0.480 e. The number of hydrogen-bond donors (Lipinski definition) is 1. The fraction of sp³-hybridized carbons (Fsp3) is 0.231. The molecule has 1 aliphatic heterocycles. The summed E-state index contributed by atoms with van der Waals surface area (Å²) >= 11 is 0. The van der Waals surface area contributed by atoms with Crippen molar-refractivity contribution >= 4 is 12.1 Å². The van der Waals surface area contributed by atoms with Crippen LogP contribution in [0.1, 0.15) is 5.56 Å². The summed E-state index contributed by atoms with van der Waals surface area (Å²) in [5, 5.41) is 9.16. The summed E-state index contributed by atoms with van der Waals surface area (Å²) in [7, 11) is 0. The molecule has 5 heteroatoms. The first-order valence-electron chi connectivity index (χ1n) is 5.50. The maximum Gasteiger partial charge on any atom is 0.411 e. The lowest BCUT2D eigenvalue weighted by molar-refractivity contribution is -0.142. The van der Waals surface area contributed by atoms with E-state index in [9.17, 15) is 9.59 Å². The van der Waals surface area contributed by atoms with Crippen LogP contribution in [0.2, 0.25) is 0 Å². The second-order valence-electron chi connectivity index (χ2n) is 3.98. The van der Waals surface area contributed by atoms with Crippen LogP contribution in [0.4, 0.5) is 4.79 Å². The number of amides is 1. The summed E-state index contributed by atoms with van der Waals surface area (Å²) in [5.41, 5.74) is 0.852. The molecule has 0 radical (unpaired) electrons. The molecule has 94 valence electrons. The Bertz CT molecular complexity index is 471. The molecule has 2 rings (SSSR count). The minimum atomic E-state index is -1.10. The molecule has 1 aromatic rings. The number of cyclic esters (lactones) is 1. The first kappa shape index (κ1) is 12.2. The van der Waals surface area contributed by atoms with Crippen LogP contribution in [0.5, 0.6) is 0 Å². The molecule has 0 aromatic heterocycles. The summed E-state index contributed by atoms with van der Waals surface area (Å²) in [6, 6.07) is 8.15. The van der Waals surface area contributed by atoms with E-state index in [-0.39, 0.29) is 6.54 Å². The summed E-state index contributed by atoms with van der Waals surface area (Å²) in [6.45, 7) is 3.69. The van der Waals surface area contributed by atoms with E-state index in [4.69, 9.17) is 9.84 Å². The molecule has 18 heavy (non-hydrogen) atoms. The van der Waals surface area contributed by atoms with Crippen LogP contribution in [-0.4, -0.2) is 34.2 Å². The van der Waals surface area contributed by atoms with E-state index in [1.54, 1.807) is 0 Å². The minimum absolute atomic E-state index is 0.209. The minimum Gasteiger partial charge on any atom is -0.480 e. The van der Waals surface area contributed by atoms with Crippen LogP contribution in [0.25, 0.3) is 0 Å². The standard InChI is InChI=1S/C13H13NO4/c1-2-10-11(12(15)16)14(13(17)18-10)8-9-6-4-3-5-7-9/h2-7,10-11H,1,8H2,(H,15,16)/t10-,11+/m0/s1. The van der Waals surface area contributed by atoms with Crippen LogP contribution in [0, 0.1) is 0 Å². The van der Waals surface area contributed by atoms with Crippen LogP contribution in [-0.2, 0) is 16.1 Å². The number of hydrogen-bond acceptors (Lipinski definition) is 3. The molecule has 1 saturated heterocycles.